The molecule has 1 aliphatic rings. The van der Waals surface area contributed by atoms with Crippen molar-refractivity contribution in [2.24, 2.45) is 16.6 Å². The maximum absolute atomic E-state index is 5.98. The molecule has 0 radical (unpaired) electrons. The molecule has 2 rings (SSSR count). The van der Waals surface area contributed by atoms with Gasteiger partial charge in [0.1, 0.15) is 5.75 Å². The van der Waals surface area contributed by atoms with Crippen LogP contribution < -0.4 is 15.8 Å². The second kappa shape index (κ2) is 7.17. The zero-order valence-electron chi connectivity index (χ0n) is 12.4. The van der Waals surface area contributed by atoms with E-state index < -0.39 is 0 Å². The van der Waals surface area contributed by atoms with Gasteiger partial charge in [-0.25, -0.2) is 4.99 Å². The summed E-state index contributed by atoms with van der Waals surface area (Å²) in [5.41, 5.74) is 6.95. The molecule has 0 amide bonds. The molecule has 0 aliphatic heterocycles. The second-order valence-corrected chi connectivity index (χ2v) is 5.75. The van der Waals surface area contributed by atoms with Crippen LogP contribution in [0.15, 0.2) is 29.3 Å². The van der Waals surface area contributed by atoms with Crippen LogP contribution in [0.25, 0.3) is 0 Å². The van der Waals surface area contributed by atoms with Crippen molar-refractivity contribution in [3.8, 4) is 5.75 Å². The highest BCUT2D eigenvalue weighted by molar-refractivity contribution is 5.77. The highest BCUT2D eigenvalue weighted by atomic mass is 16.5. The van der Waals surface area contributed by atoms with Gasteiger partial charge in [-0.05, 0) is 31.2 Å². The lowest BCUT2D eigenvalue weighted by atomic mass is 9.96. The number of nitrogens with zero attached hydrogens (tertiary/aromatic N) is 1. The molecule has 0 spiro atoms. The molecule has 1 aromatic carbocycles. The number of hydrogen-bond donors (Lipinski definition) is 2. The van der Waals surface area contributed by atoms with E-state index in [1.54, 1.807) is 0 Å². The molecular formula is C16H25N3O. The van der Waals surface area contributed by atoms with Gasteiger partial charge in [-0.2, -0.15) is 0 Å². The van der Waals surface area contributed by atoms with Gasteiger partial charge in [0, 0.05) is 12.1 Å². The van der Waals surface area contributed by atoms with Gasteiger partial charge < -0.3 is 15.8 Å². The zero-order chi connectivity index (χ0) is 14.4. The van der Waals surface area contributed by atoms with E-state index in [0.717, 1.165) is 30.7 Å². The van der Waals surface area contributed by atoms with Gasteiger partial charge in [0.2, 0.25) is 0 Å². The molecule has 0 atom stereocenters. The van der Waals surface area contributed by atoms with Crippen LogP contribution in [0.4, 0.5) is 0 Å². The van der Waals surface area contributed by atoms with Crippen LogP contribution in [0.1, 0.15) is 38.7 Å². The first-order chi connectivity index (χ1) is 9.65. The molecule has 0 unspecified atom stereocenters. The van der Waals surface area contributed by atoms with Crippen LogP contribution in [0.3, 0.4) is 0 Å². The number of aliphatic imine (C=N–C) groups is 1. The Bertz CT molecular complexity index is 453. The summed E-state index contributed by atoms with van der Waals surface area (Å²) >= 11 is 0. The van der Waals surface area contributed by atoms with Crippen LogP contribution in [0.2, 0.25) is 0 Å². The molecule has 3 N–H and O–H groups in total. The van der Waals surface area contributed by atoms with E-state index in [1.807, 2.05) is 24.3 Å². The van der Waals surface area contributed by atoms with Crippen molar-refractivity contribution in [1.82, 2.24) is 5.32 Å². The van der Waals surface area contributed by atoms with Crippen molar-refractivity contribution in [3.05, 3.63) is 29.8 Å². The molecule has 0 bridgehead atoms. The van der Waals surface area contributed by atoms with E-state index in [-0.39, 0.29) is 0 Å². The molecule has 110 valence electrons. The van der Waals surface area contributed by atoms with Crippen molar-refractivity contribution < 1.29 is 4.74 Å². The van der Waals surface area contributed by atoms with Crippen molar-refractivity contribution >= 4 is 5.96 Å². The van der Waals surface area contributed by atoms with E-state index in [9.17, 15) is 0 Å². The topological polar surface area (TPSA) is 59.6 Å². The van der Waals surface area contributed by atoms with Crippen LogP contribution in [-0.4, -0.2) is 18.6 Å². The first kappa shape index (κ1) is 14.7. The molecule has 1 aromatic rings. The lowest BCUT2D eigenvalue weighted by Crippen LogP contribution is -2.34. The molecule has 0 saturated heterocycles. The Kier molecular flexibility index (Phi) is 5.27. The van der Waals surface area contributed by atoms with E-state index in [0.29, 0.717) is 24.5 Å². The van der Waals surface area contributed by atoms with Crippen molar-refractivity contribution in [3.63, 3.8) is 0 Å². The second-order valence-electron chi connectivity index (χ2n) is 5.75. The minimum Gasteiger partial charge on any atom is -0.490 e. The third kappa shape index (κ3) is 4.44. The van der Waals surface area contributed by atoms with Gasteiger partial charge in [0.25, 0.3) is 0 Å². The molecule has 4 nitrogen and oxygen atoms in total. The summed E-state index contributed by atoms with van der Waals surface area (Å²) < 4.78 is 5.98. The number of para-hydroxylation sites is 1. The first-order valence-electron chi connectivity index (χ1n) is 7.43. The smallest absolute Gasteiger partial charge is 0.188 e. The standard InChI is InChI=1S/C16H25N3O/c1-12(2)10-18-16(17)19-11-13-6-3-4-9-15(13)20-14-7-5-8-14/h3-4,6,9,12,14H,5,7-8,10-11H2,1-2H3,(H3,17,18,19). The monoisotopic (exact) mass is 275 g/mol. The number of nitrogens with one attached hydrogen (secondary N) is 1. The van der Waals surface area contributed by atoms with Crippen molar-refractivity contribution in [2.75, 3.05) is 6.54 Å². The SMILES string of the molecule is CC(C)CNC(N)=NCc1ccccc1OC1CCC1. The number of benzene rings is 1. The number of hydrogen-bond acceptors (Lipinski definition) is 2. The molecular weight excluding hydrogens is 250 g/mol. The van der Waals surface area contributed by atoms with E-state index in [1.165, 1.54) is 6.42 Å². The fourth-order valence-electron chi connectivity index (χ4n) is 1.95. The first-order valence-corrected chi connectivity index (χ1v) is 7.43. The minimum absolute atomic E-state index is 0.386. The van der Waals surface area contributed by atoms with Gasteiger partial charge in [0.05, 0.1) is 12.6 Å². The Morgan fingerprint density at radius 3 is 2.80 bits per heavy atom. The van der Waals surface area contributed by atoms with Crippen molar-refractivity contribution in [2.45, 2.75) is 45.8 Å². The summed E-state index contributed by atoms with van der Waals surface area (Å²) in [5, 5.41) is 3.12. The zero-order valence-corrected chi connectivity index (χ0v) is 12.4. The summed E-state index contributed by atoms with van der Waals surface area (Å²) in [6.07, 6.45) is 3.99. The maximum Gasteiger partial charge on any atom is 0.188 e. The van der Waals surface area contributed by atoms with Gasteiger partial charge in [-0.3, -0.25) is 0 Å². The quantitative estimate of drug-likeness (QED) is 0.620. The number of rotatable bonds is 6. The molecule has 0 aromatic heterocycles. The molecule has 1 saturated carbocycles. The Hall–Kier alpha value is -1.71. The summed E-state index contributed by atoms with van der Waals surface area (Å²) in [4.78, 5) is 4.38. The van der Waals surface area contributed by atoms with Crippen molar-refractivity contribution in [1.29, 1.82) is 0 Å². The molecule has 20 heavy (non-hydrogen) atoms. The van der Waals surface area contributed by atoms with Crippen LogP contribution in [0, 0.1) is 5.92 Å². The molecule has 1 aliphatic carbocycles. The maximum atomic E-state index is 5.98. The normalized spacial score (nSPS) is 16.1. The lowest BCUT2D eigenvalue weighted by Gasteiger charge is -2.27. The predicted molar refractivity (Wildman–Crippen MR) is 82.9 cm³/mol. The van der Waals surface area contributed by atoms with Crippen LogP contribution >= 0.6 is 0 Å². The third-order valence-electron chi connectivity index (χ3n) is 3.43. The summed E-state index contributed by atoms with van der Waals surface area (Å²) in [6, 6.07) is 8.08. The summed E-state index contributed by atoms with van der Waals surface area (Å²) in [6.45, 7) is 5.68. The van der Waals surface area contributed by atoms with E-state index >= 15 is 0 Å². The van der Waals surface area contributed by atoms with Gasteiger partial charge >= 0.3 is 0 Å². The molecule has 1 fully saturated rings. The summed E-state index contributed by atoms with van der Waals surface area (Å²) in [5.74, 6) is 1.99. The fourth-order valence-corrected chi connectivity index (χ4v) is 1.95. The Labute approximate surface area is 121 Å². The number of guanidine groups is 1. The average Bonchev–Trinajstić information content (AvgIpc) is 2.39. The lowest BCUT2D eigenvalue weighted by molar-refractivity contribution is 0.119. The van der Waals surface area contributed by atoms with Gasteiger partial charge in [-0.15, -0.1) is 0 Å². The van der Waals surface area contributed by atoms with Crippen LogP contribution in [0.5, 0.6) is 5.75 Å². The molecule has 0 heterocycles. The van der Waals surface area contributed by atoms with Gasteiger partial charge in [-0.1, -0.05) is 32.0 Å². The fraction of sp³-hybridized carbons (Fsp3) is 0.562. The highest BCUT2D eigenvalue weighted by Gasteiger charge is 2.19. The third-order valence-corrected chi connectivity index (χ3v) is 3.43. The van der Waals surface area contributed by atoms with Gasteiger partial charge in [0.15, 0.2) is 5.96 Å². The summed E-state index contributed by atoms with van der Waals surface area (Å²) in [7, 11) is 0. The number of ether oxygens (including phenoxy) is 1. The van der Waals surface area contributed by atoms with E-state index in [2.05, 4.69) is 24.2 Å². The number of nitrogens with two attached hydrogens (primary N) is 1. The average molecular weight is 275 g/mol. The predicted octanol–water partition coefficient (Wildman–Crippen LogP) is 2.68. The molecule has 4 heteroatoms. The largest absolute Gasteiger partial charge is 0.490 e. The Morgan fingerprint density at radius 2 is 2.15 bits per heavy atom. The Balaban J connectivity index is 1.92. The van der Waals surface area contributed by atoms with Crippen LogP contribution in [-0.2, 0) is 6.54 Å². The van der Waals surface area contributed by atoms with E-state index in [4.69, 9.17) is 10.5 Å². The Morgan fingerprint density at radius 1 is 1.40 bits per heavy atom. The highest BCUT2D eigenvalue weighted by Crippen LogP contribution is 2.27. The minimum atomic E-state index is 0.386.